The fourth-order valence-corrected chi connectivity index (χ4v) is 2.96. The van der Waals surface area contributed by atoms with Gasteiger partial charge in [0.2, 0.25) is 5.91 Å². The maximum atomic E-state index is 12.8. The lowest BCUT2D eigenvalue weighted by molar-refractivity contribution is -0.122. The van der Waals surface area contributed by atoms with Gasteiger partial charge in [-0.3, -0.25) is 4.79 Å². The Bertz CT molecular complexity index is 669. The van der Waals surface area contributed by atoms with E-state index in [9.17, 15) is 9.18 Å². The Kier molecular flexibility index (Phi) is 4.91. The smallest absolute Gasteiger partial charge is 0.223 e. The summed E-state index contributed by atoms with van der Waals surface area (Å²) in [6.45, 7) is 0.284. The molecule has 0 aromatic heterocycles. The van der Waals surface area contributed by atoms with Crippen molar-refractivity contribution in [3.8, 4) is 5.75 Å². The molecule has 3 nitrogen and oxygen atoms in total. The molecule has 0 spiro atoms. The lowest BCUT2D eigenvalue weighted by Crippen LogP contribution is -2.31. The summed E-state index contributed by atoms with van der Waals surface area (Å²) in [6.07, 6.45) is 3.43. The lowest BCUT2D eigenvalue weighted by Gasteiger charge is -2.26. The predicted octanol–water partition coefficient (Wildman–Crippen LogP) is 3.79. The molecular weight excluding hydrogens is 293 g/mol. The summed E-state index contributed by atoms with van der Waals surface area (Å²) < 4.78 is 18.3. The zero-order chi connectivity index (χ0) is 16.1. The van der Waals surface area contributed by atoms with Crippen LogP contribution in [0.1, 0.15) is 36.4 Å². The Balaban J connectivity index is 1.49. The predicted molar refractivity (Wildman–Crippen MR) is 86.8 cm³/mol. The number of benzene rings is 2. The second-order valence-corrected chi connectivity index (χ2v) is 5.76. The van der Waals surface area contributed by atoms with Crippen molar-refractivity contribution in [1.82, 2.24) is 5.32 Å². The number of carbonyl (C=O) groups is 1. The molecular formula is C19H20FNO2. The molecule has 0 saturated carbocycles. The summed E-state index contributed by atoms with van der Waals surface area (Å²) in [7, 11) is 0. The fraction of sp³-hybridized carbons (Fsp3) is 0.316. The number of nitrogens with one attached hydrogen (secondary N) is 1. The Hall–Kier alpha value is -2.36. The second kappa shape index (κ2) is 7.27. The standard InChI is InChI=1S/C19H20FNO2/c20-15-8-10-16(11-9-15)23-13-12-19(22)21-18-7-3-5-14-4-1-2-6-17(14)18/h1-2,4,6,8-11,18H,3,5,7,12-13H2,(H,21,22)/t18-/m1/s1. The lowest BCUT2D eigenvalue weighted by atomic mass is 9.88. The van der Waals surface area contributed by atoms with Crippen LogP contribution in [-0.2, 0) is 11.2 Å². The highest BCUT2D eigenvalue weighted by Gasteiger charge is 2.21. The third-order valence-corrected chi connectivity index (χ3v) is 4.12. The monoisotopic (exact) mass is 313 g/mol. The minimum Gasteiger partial charge on any atom is -0.493 e. The van der Waals surface area contributed by atoms with Crippen LogP contribution >= 0.6 is 0 Å². The maximum absolute atomic E-state index is 12.8. The van der Waals surface area contributed by atoms with Crippen molar-refractivity contribution in [2.75, 3.05) is 6.61 Å². The van der Waals surface area contributed by atoms with E-state index < -0.39 is 0 Å². The molecule has 1 N–H and O–H groups in total. The molecule has 1 aliphatic carbocycles. The highest BCUT2D eigenvalue weighted by atomic mass is 19.1. The quantitative estimate of drug-likeness (QED) is 0.912. The molecule has 2 aromatic carbocycles. The largest absolute Gasteiger partial charge is 0.493 e. The Morgan fingerprint density at radius 1 is 1.17 bits per heavy atom. The molecule has 2 aromatic rings. The van der Waals surface area contributed by atoms with Gasteiger partial charge in [-0.05, 0) is 54.7 Å². The summed E-state index contributed by atoms with van der Waals surface area (Å²) in [5.41, 5.74) is 2.55. The average molecular weight is 313 g/mol. The van der Waals surface area contributed by atoms with Crippen LogP contribution in [0.2, 0.25) is 0 Å². The number of halogens is 1. The third kappa shape index (κ3) is 4.09. The number of hydrogen-bond donors (Lipinski definition) is 1. The Morgan fingerprint density at radius 2 is 1.96 bits per heavy atom. The summed E-state index contributed by atoms with van der Waals surface area (Å²) in [5.74, 6) is 0.252. The van der Waals surface area contributed by atoms with Gasteiger partial charge >= 0.3 is 0 Å². The van der Waals surface area contributed by atoms with E-state index in [0.717, 1.165) is 19.3 Å². The molecule has 0 radical (unpaired) electrons. The molecule has 0 aliphatic heterocycles. The molecule has 0 bridgehead atoms. The van der Waals surface area contributed by atoms with E-state index in [1.807, 2.05) is 12.1 Å². The van der Waals surface area contributed by atoms with E-state index >= 15 is 0 Å². The van der Waals surface area contributed by atoms with Crippen molar-refractivity contribution in [3.05, 3.63) is 65.5 Å². The van der Waals surface area contributed by atoms with Crippen LogP contribution < -0.4 is 10.1 Å². The topological polar surface area (TPSA) is 38.3 Å². The molecule has 120 valence electrons. The summed E-state index contributed by atoms with van der Waals surface area (Å²) in [6, 6.07) is 14.2. The van der Waals surface area contributed by atoms with Gasteiger partial charge in [0.1, 0.15) is 11.6 Å². The normalized spacial score (nSPS) is 16.5. The number of aryl methyl sites for hydroxylation is 1. The summed E-state index contributed by atoms with van der Waals surface area (Å²) >= 11 is 0. The van der Waals surface area contributed by atoms with Gasteiger partial charge in [-0.2, -0.15) is 0 Å². The summed E-state index contributed by atoms with van der Waals surface area (Å²) in [5, 5.41) is 3.09. The van der Waals surface area contributed by atoms with Crippen LogP contribution in [0.25, 0.3) is 0 Å². The molecule has 0 saturated heterocycles. The van der Waals surface area contributed by atoms with Crippen molar-refractivity contribution < 1.29 is 13.9 Å². The van der Waals surface area contributed by atoms with Gasteiger partial charge in [0.05, 0.1) is 19.1 Å². The van der Waals surface area contributed by atoms with Crippen molar-refractivity contribution in [3.63, 3.8) is 0 Å². The van der Waals surface area contributed by atoms with Gasteiger partial charge in [0.15, 0.2) is 0 Å². The van der Waals surface area contributed by atoms with E-state index in [4.69, 9.17) is 4.74 Å². The Labute approximate surface area is 135 Å². The van der Waals surface area contributed by atoms with E-state index in [0.29, 0.717) is 5.75 Å². The van der Waals surface area contributed by atoms with Crippen LogP contribution in [0, 0.1) is 5.82 Å². The number of hydrogen-bond acceptors (Lipinski definition) is 2. The molecule has 0 fully saturated rings. The molecule has 3 rings (SSSR count). The van der Waals surface area contributed by atoms with E-state index in [1.165, 1.54) is 23.3 Å². The third-order valence-electron chi connectivity index (χ3n) is 4.12. The molecule has 1 atom stereocenters. The highest BCUT2D eigenvalue weighted by Crippen LogP contribution is 2.29. The minimum atomic E-state index is -0.300. The van der Waals surface area contributed by atoms with Crippen LogP contribution in [0.15, 0.2) is 48.5 Å². The van der Waals surface area contributed by atoms with Crippen LogP contribution in [0.5, 0.6) is 5.75 Å². The zero-order valence-corrected chi connectivity index (χ0v) is 12.9. The fourth-order valence-electron chi connectivity index (χ4n) is 2.96. The first-order chi connectivity index (χ1) is 11.2. The van der Waals surface area contributed by atoms with Crippen molar-refractivity contribution >= 4 is 5.91 Å². The van der Waals surface area contributed by atoms with Crippen LogP contribution in [-0.4, -0.2) is 12.5 Å². The Morgan fingerprint density at radius 3 is 2.78 bits per heavy atom. The molecule has 1 aliphatic rings. The number of fused-ring (bicyclic) bond motifs is 1. The van der Waals surface area contributed by atoms with Gasteiger partial charge in [-0.25, -0.2) is 4.39 Å². The van der Waals surface area contributed by atoms with Crippen molar-refractivity contribution in [1.29, 1.82) is 0 Å². The SMILES string of the molecule is O=C(CCOc1ccc(F)cc1)N[C@@H]1CCCc2ccccc21. The van der Waals surface area contributed by atoms with E-state index in [2.05, 4.69) is 17.4 Å². The highest BCUT2D eigenvalue weighted by molar-refractivity contribution is 5.76. The number of rotatable bonds is 5. The van der Waals surface area contributed by atoms with Gasteiger partial charge in [-0.1, -0.05) is 24.3 Å². The number of carbonyl (C=O) groups excluding carboxylic acids is 1. The first-order valence-corrected chi connectivity index (χ1v) is 7.98. The zero-order valence-electron chi connectivity index (χ0n) is 12.9. The minimum absolute atomic E-state index is 0.0196. The van der Waals surface area contributed by atoms with E-state index in [-0.39, 0.29) is 30.8 Å². The average Bonchev–Trinajstić information content (AvgIpc) is 2.57. The van der Waals surface area contributed by atoms with Gasteiger partial charge < -0.3 is 10.1 Å². The summed E-state index contributed by atoms with van der Waals surface area (Å²) in [4.78, 5) is 12.1. The van der Waals surface area contributed by atoms with Crippen LogP contribution in [0.3, 0.4) is 0 Å². The molecule has 23 heavy (non-hydrogen) atoms. The molecule has 0 unspecified atom stereocenters. The number of amides is 1. The van der Waals surface area contributed by atoms with Crippen molar-refractivity contribution in [2.45, 2.75) is 31.7 Å². The van der Waals surface area contributed by atoms with Crippen LogP contribution in [0.4, 0.5) is 4.39 Å². The van der Waals surface area contributed by atoms with Gasteiger partial charge in [-0.15, -0.1) is 0 Å². The van der Waals surface area contributed by atoms with E-state index in [1.54, 1.807) is 12.1 Å². The molecule has 4 heteroatoms. The van der Waals surface area contributed by atoms with Crippen molar-refractivity contribution in [2.24, 2.45) is 0 Å². The van der Waals surface area contributed by atoms with Gasteiger partial charge in [0, 0.05) is 0 Å². The second-order valence-electron chi connectivity index (χ2n) is 5.76. The number of ether oxygens (including phenoxy) is 1. The first-order valence-electron chi connectivity index (χ1n) is 7.98. The van der Waals surface area contributed by atoms with Gasteiger partial charge in [0.25, 0.3) is 0 Å². The molecule has 1 amide bonds. The first kappa shape index (κ1) is 15.5. The maximum Gasteiger partial charge on any atom is 0.223 e. The molecule has 0 heterocycles.